The van der Waals surface area contributed by atoms with Gasteiger partial charge in [-0.2, -0.15) is 0 Å². The van der Waals surface area contributed by atoms with Crippen LogP contribution in [0.15, 0.2) is 18.2 Å². The molecule has 3 nitrogen and oxygen atoms in total. The van der Waals surface area contributed by atoms with Crippen molar-refractivity contribution in [1.82, 2.24) is 0 Å². The number of halogens is 1. The topological polar surface area (TPSA) is 57.5 Å². The quantitative estimate of drug-likeness (QED) is 0.597. The van der Waals surface area contributed by atoms with Crippen LogP contribution in [0.5, 0.6) is 11.5 Å². The minimum atomic E-state index is -0.190. The molecule has 0 amide bonds. The molecule has 0 unspecified atom stereocenters. The molecular formula is C10H11ClO3. The van der Waals surface area contributed by atoms with E-state index in [0.717, 1.165) is 6.07 Å². The van der Waals surface area contributed by atoms with Crippen molar-refractivity contribution >= 4 is 17.4 Å². The van der Waals surface area contributed by atoms with E-state index in [1.807, 2.05) is 0 Å². The summed E-state index contributed by atoms with van der Waals surface area (Å²) in [7, 11) is 0. The summed E-state index contributed by atoms with van der Waals surface area (Å²) >= 11 is 5.44. The molecule has 4 heteroatoms. The second kappa shape index (κ2) is 4.86. The van der Waals surface area contributed by atoms with Gasteiger partial charge in [-0.3, -0.25) is 4.79 Å². The number of rotatable bonds is 4. The summed E-state index contributed by atoms with van der Waals surface area (Å²) in [6, 6.07) is 3.92. The number of alkyl halides is 1. The third-order valence-electron chi connectivity index (χ3n) is 1.82. The van der Waals surface area contributed by atoms with E-state index >= 15 is 0 Å². The number of Topliss-reactive ketones (excluding diaryl/α,β-unsaturated/α-hetero) is 1. The maximum Gasteiger partial charge on any atom is 0.166 e. The summed E-state index contributed by atoms with van der Waals surface area (Å²) < 4.78 is 0. The normalized spacial score (nSPS) is 10.1. The van der Waals surface area contributed by atoms with Crippen molar-refractivity contribution in [3.05, 3.63) is 23.8 Å². The summed E-state index contributed by atoms with van der Waals surface area (Å²) in [5, 5.41) is 18.4. The van der Waals surface area contributed by atoms with Gasteiger partial charge in [0.25, 0.3) is 0 Å². The zero-order valence-electron chi connectivity index (χ0n) is 7.53. The third-order valence-corrected chi connectivity index (χ3v) is 2.09. The zero-order chi connectivity index (χ0) is 10.6. The van der Waals surface area contributed by atoms with Crippen LogP contribution in [-0.2, 0) is 0 Å². The van der Waals surface area contributed by atoms with Crippen molar-refractivity contribution in [1.29, 1.82) is 0 Å². The van der Waals surface area contributed by atoms with E-state index in [0.29, 0.717) is 18.7 Å². The largest absolute Gasteiger partial charge is 0.508 e. The second-order valence-electron chi connectivity index (χ2n) is 2.92. The van der Waals surface area contributed by atoms with Crippen LogP contribution in [0, 0.1) is 0 Å². The Morgan fingerprint density at radius 1 is 1.36 bits per heavy atom. The SMILES string of the molecule is O=C(CCCCl)c1ccc(O)cc1O. The molecule has 0 fully saturated rings. The highest BCUT2D eigenvalue weighted by atomic mass is 35.5. The van der Waals surface area contributed by atoms with E-state index in [4.69, 9.17) is 16.7 Å². The van der Waals surface area contributed by atoms with Gasteiger partial charge in [0, 0.05) is 18.4 Å². The molecule has 0 aromatic heterocycles. The van der Waals surface area contributed by atoms with Gasteiger partial charge in [-0.25, -0.2) is 0 Å². The van der Waals surface area contributed by atoms with Gasteiger partial charge in [0.05, 0.1) is 5.56 Å². The molecule has 76 valence electrons. The Balaban J connectivity index is 2.80. The Labute approximate surface area is 86.9 Å². The van der Waals surface area contributed by atoms with E-state index < -0.39 is 0 Å². The first-order valence-corrected chi connectivity index (χ1v) is 4.79. The predicted molar refractivity (Wildman–Crippen MR) is 54.1 cm³/mol. The first-order chi connectivity index (χ1) is 6.65. The lowest BCUT2D eigenvalue weighted by molar-refractivity contribution is 0.0979. The highest BCUT2D eigenvalue weighted by molar-refractivity contribution is 6.18. The zero-order valence-corrected chi connectivity index (χ0v) is 8.29. The van der Waals surface area contributed by atoms with Gasteiger partial charge in [0.2, 0.25) is 0 Å². The van der Waals surface area contributed by atoms with Crippen LogP contribution in [0.25, 0.3) is 0 Å². The fourth-order valence-electron chi connectivity index (χ4n) is 1.12. The van der Waals surface area contributed by atoms with Gasteiger partial charge < -0.3 is 10.2 Å². The molecule has 14 heavy (non-hydrogen) atoms. The van der Waals surface area contributed by atoms with Crippen molar-refractivity contribution in [2.45, 2.75) is 12.8 Å². The van der Waals surface area contributed by atoms with Crippen LogP contribution >= 0.6 is 11.6 Å². The summed E-state index contributed by atoms with van der Waals surface area (Å²) in [6.07, 6.45) is 0.891. The summed E-state index contributed by atoms with van der Waals surface area (Å²) in [4.78, 5) is 11.4. The monoisotopic (exact) mass is 214 g/mol. The van der Waals surface area contributed by atoms with E-state index in [-0.39, 0.29) is 22.8 Å². The van der Waals surface area contributed by atoms with E-state index in [1.165, 1.54) is 12.1 Å². The maximum absolute atomic E-state index is 11.4. The highest BCUT2D eigenvalue weighted by Crippen LogP contribution is 2.23. The lowest BCUT2D eigenvalue weighted by atomic mass is 10.1. The van der Waals surface area contributed by atoms with Crippen LogP contribution in [0.4, 0.5) is 0 Å². The number of aromatic hydroxyl groups is 2. The Kier molecular flexibility index (Phi) is 3.77. The number of phenols is 2. The maximum atomic E-state index is 11.4. The van der Waals surface area contributed by atoms with Gasteiger partial charge in [-0.05, 0) is 18.6 Å². The van der Waals surface area contributed by atoms with Crippen LogP contribution in [0.3, 0.4) is 0 Å². The molecule has 2 N–H and O–H groups in total. The highest BCUT2D eigenvalue weighted by Gasteiger charge is 2.10. The molecule has 1 rings (SSSR count). The van der Waals surface area contributed by atoms with Crippen molar-refractivity contribution in [3.63, 3.8) is 0 Å². The minimum absolute atomic E-state index is 0.0589. The van der Waals surface area contributed by atoms with Gasteiger partial charge in [0.1, 0.15) is 11.5 Å². The van der Waals surface area contributed by atoms with Crippen molar-refractivity contribution in [3.8, 4) is 11.5 Å². The number of benzene rings is 1. The van der Waals surface area contributed by atoms with Crippen molar-refractivity contribution in [2.75, 3.05) is 5.88 Å². The predicted octanol–water partition coefficient (Wildman–Crippen LogP) is 2.30. The molecule has 0 radical (unpaired) electrons. The molecule has 0 spiro atoms. The Hall–Kier alpha value is -1.22. The van der Waals surface area contributed by atoms with E-state index in [1.54, 1.807) is 0 Å². The molecule has 0 aliphatic rings. The molecule has 0 heterocycles. The summed E-state index contributed by atoms with van der Waals surface area (Å²) in [5.74, 6) is 0.00836. The molecule has 0 saturated carbocycles. The smallest absolute Gasteiger partial charge is 0.166 e. The van der Waals surface area contributed by atoms with Gasteiger partial charge in [-0.1, -0.05) is 0 Å². The number of carbonyl (C=O) groups is 1. The number of ketones is 1. The molecule has 0 bridgehead atoms. The molecular weight excluding hydrogens is 204 g/mol. The second-order valence-corrected chi connectivity index (χ2v) is 3.30. The fraction of sp³-hybridized carbons (Fsp3) is 0.300. The van der Waals surface area contributed by atoms with Crippen molar-refractivity contribution < 1.29 is 15.0 Å². The standard InChI is InChI=1S/C10H11ClO3/c11-5-1-2-9(13)8-4-3-7(12)6-10(8)14/h3-4,6,12,14H,1-2,5H2. The molecule has 0 atom stereocenters. The van der Waals surface area contributed by atoms with Crippen LogP contribution in [0.1, 0.15) is 23.2 Å². The van der Waals surface area contributed by atoms with E-state index in [9.17, 15) is 9.90 Å². The lowest BCUT2D eigenvalue weighted by Crippen LogP contribution is -1.99. The first kappa shape index (κ1) is 10.9. The van der Waals surface area contributed by atoms with Gasteiger partial charge in [-0.15, -0.1) is 11.6 Å². The summed E-state index contributed by atoms with van der Waals surface area (Å²) in [5.41, 5.74) is 0.230. The Morgan fingerprint density at radius 3 is 2.64 bits per heavy atom. The van der Waals surface area contributed by atoms with Crippen LogP contribution in [-0.4, -0.2) is 21.9 Å². The number of phenolic OH excluding ortho intramolecular Hbond substituents is 2. The summed E-state index contributed by atoms with van der Waals surface area (Å²) in [6.45, 7) is 0. The van der Waals surface area contributed by atoms with Gasteiger partial charge in [0.15, 0.2) is 5.78 Å². The van der Waals surface area contributed by atoms with Crippen LogP contribution in [0.2, 0.25) is 0 Å². The van der Waals surface area contributed by atoms with Gasteiger partial charge >= 0.3 is 0 Å². The lowest BCUT2D eigenvalue weighted by Gasteiger charge is -2.02. The molecule has 0 aliphatic heterocycles. The Bertz CT molecular complexity index is 336. The van der Waals surface area contributed by atoms with Crippen molar-refractivity contribution in [2.24, 2.45) is 0 Å². The Morgan fingerprint density at radius 2 is 2.07 bits per heavy atom. The number of carbonyl (C=O) groups excluding carboxylic acids is 1. The molecule has 1 aromatic carbocycles. The average molecular weight is 215 g/mol. The fourth-order valence-corrected chi connectivity index (χ4v) is 1.25. The third kappa shape index (κ3) is 2.64. The minimum Gasteiger partial charge on any atom is -0.508 e. The van der Waals surface area contributed by atoms with Crippen LogP contribution < -0.4 is 0 Å². The first-order valence-electron chi connectivity index (χ1n) is 4.26. The van der Waals surface area contributed by atoms with E-state index in [2.05, 4.69) is 0 Å². The molecule has 0 saturated heterocycles. The number of hydrogen-bond donors (Lipinski definition) is 2. The molecule has 1 aromatic rings. The molecule has 0 aliphatic carbocycles. The number of hydrogen-bond acceptors (Lipinski definition) is 3. The average Bonchev–Trinajstić information content (AvgIpc) is 2.14.